The van der Waals surface area contributed by atoms with E-state index in [0.29, 0.717) is 17.1 Å². The monoisotopic (exact) mass is 256 g/mol. The molecule has 0 aliphatic rings. The second-order valence-corrected chi connectivity index (χ2v) is 3.18. The van der Waals surface area contributed by atoms with E-state index in [-0.39, 0.29) is 24.8 Å². The number of nitrogens with two attached hydrogens (primary N) is 2. The molecule has 0 atom stereocenters. The third kappa shape index (κ3) is 3.36. The van der Waals surface area contributed by atoms with Crippen LogP contribution in [0.3, 0.4) is 0 Å². The zero-order chi connectivity index (χ0) is 9.14. The Morgan fingerprint density at radius 1 is 1.14 bits per heavy atom. The van der Waals surface area contributed by atoms with Crippen molar-refractivity contribution in [2.45, 2.75) is 4.90 Å². The molecule has 0 aromatic heterocycles. The quantitative estimate of drug-likeness (QED) is 0.631. The maximum atomic E-state index is 5.70. The summed E-state index contributed by atoms with van der Waals surface area (Å²) in [6, 6.07) is 3.56. The van der Waals surface area contributed by atoms with E-state index >= 15 is 0 Å². The molecule has 3 nitrogen and oxygen atoms in total. The average molecular weight is 257 g/mol. The molecule has 82 valence electrons. The van der Waals surface area contributed by atoms with Crippen molar-refractivity contribution >= 4 is 48.0 Å². The fourth-order valence-electron chi connectivity index (χ4n) is 0.949. The highest BCUT2D eigenvalue weighted by Crippen LogP contribution is 2.32. The largest absolute Gasteiger partial charge is 0.495 e. The van der Waals surface area contributed by atoms with Gasteiger partial charge in [0.25, 0.3) is 0 Å². The molecule has 0 fully saturated rings. The van der Waals surface area contributed by atoms with Crippen LogP contribution >= 0.6 is 36.6 Å². The first kappa shape index (κ1) is 16.0. The predicted molar refractivity (Wildman–Crippen MR) is 68.1 cm³/mol. The fraction of sp³-hybridized carbons (Fsp3) is 0.250. The first-order chi connectivity index (χ1) is 5.69. The molecular weight excluding hydrogens is 243 g/mol. The first-order valence-electron chi connectivity index (χ1n) is 3.46. The van der Waals surface area contributed by atoms with Gasteiger partial charge in [-0.2, -0.15) is 0 Å². The van der Waals surface area contributed by atoms with Crippen molar-refractivity contribution < 1.29 is 4.74 Å². The number of rotatable bonds is 2. The minimum absolute atomic E-state index is 0. The number of halogens is 2. The predicted octanol–water partition coefficient (Wildman–Crippen LogP) is 2.43. The van der Waals surface area contributed by atoms with Crippen molar-refractivity contribution in [1.82, 2.24) is 0 Å². The van der Waals surface area contributed by atoms with Gasteiger partial charge >= 0.3 is 0 Å². The van der Waals surface area contributed by atoms with Crippen molar-refractivity contribution in [1.29, 1.82) is 0 Å². The lowest BCUT2D eigenvalue weighted by atomic mass is 10.2. The minimum Gasteiger partial charge on any atom is -0.495 e. The van der Waals surface area contributed by atoms with Crippen molar-refractivity contribution in [3.05, 3.63) is 12.1 Å². The van der Waals surface area contributed by atoms with E-state index in [1.165, 1.54) is 0 Å². The van der Waals surface area contributed by atoms with Gasteiger partial charge in [0.05, 0.1) is 12.8 Å². The molecule has 0 aliphatic carbocycles. The van der Waals surface area contributed by atoms with E-state index in [1.54, 1.807) is 24.9 Å². The number of nitrogen functional groups attached to an aromatic ring is 2. The smallest absolute Gasteiger partial charge is 0.143 e. The third-order valence-corrected chi connectivity index (χ3v) is 2.38. The number of hydrogen-bond acceptors (Lipinski definition) is 4. The van der Waals surface area contributed by atoms with E-state index in [2.05, 4.69) is 0 Å². The van der Waals surface area contributed by atoms with E-state index in [1.807, 2.05) is 12.3 Å². The second kappa shape index (κ2) is 6.92. The number of ether oxygens (including phenoxy) is 1. The van der Waals surface area contributed by atoms with Crippen LogP contribution in [-0.4, -0.2) is 13.4 Å². The van der Waals surface area contributed by atoms with Crippen LogP contribution in [0, 0.1) is 0 Å². The molecule has 1 aromatic rings. The Kier molecular flexibility index (Phi) is 7.91. The van der Waals surface area contributed by atoms with Gasteiger partial charge in [0, 0.05) is 10.6 Å². The second-order valence-electron chi connectivity index (χ2n) is 2.34. The van der Waals surface area contributed by atoms with Crippen LogP contribution in [-0.2, 0) is 0 Å². The van der Waals surface area contributed by atoms with Gasteiger partial charge in [0.2, 0.25) is 0 Å². The Balaban J connectivity index is 0. The summed E-state index contributed by atoms with van der Waals surface area (Å²) < 4.78 is 5.05. The topological polar surface area (TPSA) is 61.3 Å². The summed E-state index contributed by atoms with van der Waals surface area (Å²) in [5, 5.41) is 0. The van der Waals surface area contributed by atoms with Crippen LogP contribution < -0.4 is 16.2 Å². The van der Waals surface area contributed by atoms with Crippen molar-refractivity contribution in [2.75, 3.05) is 24.8 Å². The zero-order valence-electron chi connectivity index (χ0n) is 7.94. The molecule has 4 N–H and O–H groups in total. The van der Waals surface area contributed by atoms with Gasteiger partial charge in [-0.1, -0.05) is 0 Å². The molecule has 14 heavy (non-hydrogen) atoms. The highest BCUT2D eigenvalue weighted by Gasteiger charge is 2.04. The number of methoxy groups -OCH3 is 1. The summed E-state index contributed by atoms with van der Waals surface area (Å²) in [5.41, 5.74) is 12.6. The summed E-state index contributed by atoms with van der Waals surface area (Å²) >= 11 is 1.57. The fourth-order valence-corrected chi connectivity index (χ4v) is 1.47. The molecule has 0 heterocycles. The summed E-state index contributed by atoms with van der Waals surface area (Å²) in [6.45, 7) is 0. The highest BCUT2D eigenvalue weighted by atomic mass is 35.5. The molecule has 1 aromatic carbocycles. The van der Waals surface area contributed by atoms with Crippen molar-refractivity contribution in [3.8, 4) is 5.75 Å². The van der Waals surface area contributed by atoms with E-state index in [0.717, 1.165) is 4.90 Å². The molecule has 0 spiro atoms. The Bertz CT molecular complexity index is 272. The van der Waals surface area contributed by atoms with Crippen LogP contribution in [0.2, 0.25) is 0 Å². The molecular formula is C8H14Cl2N2OS. The summed E-state index contributed by atoms with van der Waals surface area (Å²) in [4.78, 5) is 0.987. The molecule has 0 amide bonds. The van der Waals surface area contributed by atoms with E-state index in [9.17, 15) is 0 Å². The van der Waals surface area contributed by atoms with Gasteiger partial charge < -0.3 is 16.2 Å². The number of hydrogen-bond donors (Lipinski definition) is 2. The molecule has 0 bridgehead atoms. The van der Waals surface area contributed by atoms with Gasteiger partial charge in [-0.15, -0.1) is 36.6 Å². The SMILES string of the molecule is COc1cc(SC)c(N)cc1N.Cl.Cl. The Morgan fingerprint density at radius 3 is 2.14 bits per heavy atom. The Hall–Kier alpha value is -0.450. The summed E-state index contributed by atoms with van der Waals surface area (Å²) in [7, 11) is 1.59. The number of thioether (sulfide) groups is 1. The average Bonchev–Trinajstić information content (AvgIpc) is 2.05. The Morgan fingerprint density at radius 2 is 1.71 bits per heavy atom. The summed E-state index contributed by atoms with van der Waals surface area (Å²) in [6.07, 6.45) is 1.96. The maximum absolute atomic E-state index is 5.70. The lowest BCUT2D eigenvalue weighted by Crippen LogP contribution is -1.96. The number of benzene rings is 1. The first-order valence-corrected chi connectivity index (χ1v) is 4.68. The Labute approximate surface area is 100 Å². The molecule has 0 unspecified atom stereocenters. The third-order valence-electron chi connectivity index (χ3n) is 1.58. The molecule has 0 radical (unpaired) electrons. The molecule has 1 rings (SSSR count). The lowest BCUT2D eigenvalue weighted by molar-refractivity contribution is 0.416. The van der Waals surface area contributed by atoms with Crippen LogP contribution in [0.1, 0.15) is 0 Å². The van der Waals surface area contributed by atoms with Crippen molar-refractivity contribution in [2.24, 2.45) is 0 Å². The summed E-state index contributed by atoms with van der Waals surface area (Å²) in [5.74, 6) is 0.675. The van der Waals surface area contributed by atoms with Gasteiger partial charge in [0.15, 0.2) is 0 Å². The highest BCUT2D eigenvalue weighted by molar-refractivity contribution is 7.98. The van der Waals surface area contributed by atoms with Gasteiger partial charge in [0.1, 0.15) is 5.75 Å². The van der Waals surface area contributed by atoms with Crippen LogP contribution in [0.4, 0.5) is 11.4 Å². The standard InChI is InChI=1S/C8H12N2OS.2ClH/c1-11-7-4-8(12-2)6(10)3-5(7)9;;/h3-4H,9-10H2,1-2H3;2*1H. The lowest BCUT2D eigenvalue weighted by Gasteiger charge is -2.08. The molecule has 0 saturated carbocycles. The van der Waals surface area contributed by atoms with Gasteiger partial charge in [-0.25, -0.2) is 0 Å². The molecule has 0 saturated heterocycles. The van der Waals surface area contributed by atoms with Crippen LogP contribution in [0.5, 0.6) is 5.75 Å². The van der Waals surface area contributed by atoms with E-state index < -0.39 is 0 Å². The van der Waals surface area contributed by atoms with Crippen molar-refractivity contribution in [3.63, 3.8) is 0 Å². The molecule has 0 aliphatic heterocycles. The number of anilines is 2. The van der Waals surface area contributed by atoms with Gasteiger partial charge in [-0.3, -0.25) is 0 Å². The van der Waals surface area contributed by atoms with E-state index in [4.69, 9.17) is 16.2 Å². The zero-order valence-corrected chi connectivity index (χ0v) is 10.4. The molecule has 6 heteroatoms. The van der Waals surface area contributed by atoms with Crippen LogP contribution in [0.25, 0.3) is 0 Å². The minimum atomic E-state index is 0. The van der Waals surface area contributed by atoms with Crippen LogP contribution in [0.15, 0.2) is 17.0 Å². The maximum Gasteiger partial charge on any atom is 0.143 e. The van der Waals surface area contributed by atoms with Gasteiger partial charge in [-0.05, 0) is 18.4 Å². The normalized spacial score (nSPS) is 8.43.